The molecular formula is C21H25ClN4O2. The van der Waals surface area contributed by atoms with Crippen LogP contribution in [0, 0.1) is 13.8 Å². The maximum atomic E-state index is 9.97. The third-order valence-corrected chi connectivity index (χ3v) is 4.76. The van der Waals surface area contributed by atoms with Crippen LogP contribution in [-0.4, -0.2) is 26.5 Å². The number of halogens is 1. The molecule has 0 saturated carbocycles. The molecule has 0 saturated heterocycles. The lowest BCUT2D eigenvalue weighted by molar-refractivity contribution is -0.105. The Bertz CT molecular complexity index is 907. The number of amides is 1. The second-order valence-electron chi connectivity index (χ2n) is 6.31. The predicted octanol–water partition coefficient (Wildman–Crippen LogP) is 3.91. The number of carbonyl (C=O) groups is 1. The van der Waals surface area contributed by atoms with Crippen molar-refractivity contribution in [3.8, 4) is 0 Å². The summed E-state index contributed by atoms with van der Waals surface area (Å²) in [6.07, 6.45) is 1.58. The molecule has 0 unspecified atom stereocenters. The molecule has 2 N–H and O–H groups in total. The molecule has 0 radical (unpaired) electrons. The molecule has 0 aliphatic rings. The largest absolute Gasteiger partial charge is 0.392 e. The van der Waals surface area contributed by atoms with Crippen LogP contribution in [0.25, 0.3) is 0 Å². The van der Waals surface area contributed by atoms with E-state index >= 15 is 0 Å². The number of rotatable bonds is 6. The maximum absolute atomic E-state index is 9.97. The highest BCUT2D eigenvalue weighted by molar-refractivity contribution is 6.31. The van der Waals surface area contributed by atoms with Crippen LogP contribution in [0.1, 0.15) is 35.0 Å². The van der Waals surface area contributed by atoms with Crippen molar-refractivity contribution in [2.75, 3.05) is 5.32 Å². The Balaban J connectivity index is 0.000000221. The minimum Gasteiger partial charge on any atom is -0.392 e. The van der Waals surface area contributed by atoms with Crippen LogP contribution in [-0.2, 0) is 24.4 Å². The molecule has 0 aliphatic heterocycles. The molecule has 7 heteroatoms. The number of aryl methyl sites for hydroxylation is 2. The Hall–Kier alpha value is -2.70. The number of nitrogens with zero attached hydrogens (tertiary/aromatic N) is 3. The summed E-state index contributed by atoms with van der Waals surface area (Å²) >= 11 is 6.20. The third kappa shape index (κ3) is 5.90. The summed E-state index contributed by atoms with van der Waals surface area (Å²) < 4.78 is 1.90. The maximum Gasteiger partial charge on any atom is 0.211 e. The van der Waals surface area contributed by atoms with Crippen molar-refractivity contribution < 1.29 is 9.90 Å². The second kappa shape index (κ2) is 10.6. The van der Waals surface area contributed by atoms with Crippen LogP contribution in [0.5, 0.6) is 0 Å². The monoisotopic (exact) mass is 400 g/mol. The minimum absolute atomic E-state index is 0.0291. The fourth-order valence-corrected chi connectivity index (χ4v) is 2.86. The van der Waals surface area contributed by atoms with Crippen LogP contribution < -0.4 is 5.32 Å². The van der Waals surface area contributed by atoms with E-state index in [0.717, 1.165) is 46.2 Å². The van der Waals surface area contributed by atoms with Gasteiger partial charge in [0.1, 0.15) is 0 Å². The van der Waals surface area contributed by atoms with Crippen LogP contribution in [0.2, 0.25) is 5.02 Å². The molecule has 3 rings (SSSR count). The minimum atomic E-state index is 0.0291. The molecule has 28 heavy (non-hydrogen) atoms. The fraction of sp³-hybridized carbons (Fsp3) is 0.286. The zero-order valence-corrected chi connectivity index (χ0v) is 17.1. The van der Waals surface area contributed by atoms with Crippen molar-refractivity contribution >= 4 is 23.7 Å². The highest BCUT2D eigenvalue weighted by Crippen LogP contribution is 2.19. The van der Waals surface area contributed by atoms with Gasteiger partial charge in [-0.3, -0.25) is 4.79 Å². The lowest BCUT2D eigenvalue weighted by Gasteiger charge is -2.06. The second-order valence-corrected chi connectivity index (χ2v) is 6.72. The van der Waals surface area contributed by atoms with Gasteiger partial charge in [0.25, 0.3) is 0 Å². The quantitative estimate of drug-likeness (QED) is 0.615. The van der Waals surface area contributed by atoms with E-state index < -0.39 is 0 Å². The first-order valence-electron chi connectivity index (χ1n) is 9.02. The summed E-state index contributed by atoms with van der Waals surface area (Å²) in [5.41, 5.74) is 5.97. The number of hydrogen-bond acceptors (Lipinski definition) is 4. The molecule has 0 fully saturated rings. The zero-order valence-electron chi connectivity index (χ0n) is 16.3. The number of anilines is 1. The molecular weight excluding hydrogens is 376 g/mol. The fourth-order valence-electron chi connectivity index (χ4n) is 2.52. The average molecular weight is 401 g/mol. The predicted molar refractivity (Wildman–Crippen MR) is 111 cm³/mol. The summed E-state index contributed by atoms with van der Waals surface area (Å²) in [6.45, 7) is 6.84. The average Bonchev–Trinajstić information content (AvgIpc) is 3.02. The first kappa shape index (κ1) is 21.6. The first-order chi connectivity index (χ1) is 13.5. The molecule has 1 aromatic heterocycles. The van der Waals surface area contributed by atoms with E-state index in [9.17, 15) is 4.79 Å². The molecule has 0 spiro atoms. The van der Waals surface area contributed by atoms with Crippen molar-refractivity contribution in [1.82, 2.24) is 15.0 Å². The molecule has 6 nitrogen and oxygen atoms in total. The van der Waals surface area contributed by atoms with Gasteiger partial charge in [-0.2, -0.15) is 0 Å². The Kier molecular flexibility index (Phi) is 8.17. The number of carbonyl (C=O) groups excluding carboxylic acids is 1. The van der Waals surface area contributed by atoms with E-state index in [1.54, 1.807) is 24.3 Å². The van der Waals surface area contributed by atoms with Crippen molar-refractivity contribution in [1.29, 1.82) is 0 Å². The van der Waals surface area contributed by atoms with Crippen LogP contribution in [0.15, 0.2) is 42.5 Å². The highest BCUT2D eigenvalue weighted by atomic mass is 35.5. The molecule has 1 amide bonds. The first-order valence-corrected chi connectivity index (χ1v) is 9.40. The summed E-state index contributed by atoms with van der Waals surface area (Å²) in [6, 6.07) is 13.2. The number of nitrogens with one attached hydrogen (secondary N) is 1. The van der Waals surface area contributed by atoms with Gasteiger partial charge in [-0.15, -0.1) is 5.10 Å². The van der Waals surface area contributed by atoms with Crippen LogP contribution in [0.4, 0.5) is 5.69 Å². The van der Waals surface area contributed by atoms with Crippen molar-refractivity contribution in [2.45, 2.75) is 40.3 Å². The van der Waals surface area contributed by atoms with Crippen LogP contribution in [0.3, 0.4) is 0 Å². The summed E-state index contributed by atoms with van der Waals surface area (Å²) in [4.78, 5) is 9.97. The number of aliphatic hydroxyl groups is 1. The van der Waals surface area contributed by atoms with Gasteiger partial charge in [-0.05, 0) is 55.2 Å². The molecule has 0 bridgehead atoms. The van der Waals surface area contributed by atoms with E-state index in [1.165, 1.54) is 5.56 Å². The highest BCUT2D eigenvalue weighted by Gasteiger charge is 2.06. The van der Waals surface area contributed by atoms with Gasteiger partial charge in [-0.1, -0.05) is 48.0 Å². The molecule has 2 aromatic carbocycles. The van der Waals surface area contributed by atoms with Gasteiger partial charge < -0.3 is 10.4 Å². The van der Waals surface area contributed by atoms with Crippen molar-refractivity contribution in [3.05, 3.63) is 75.6 Å². The molecule has 0 aliphatic carbocycles. The molecule has 3 aromatic rings. The number of aromatic nitrogens is 3. The Morgan fingerprint density at radius 3 is 2.32 bits per heavy atom. The summed E-state index contributed by atoms with van der Waals surface area (Å²) in [5.74, 6) is 0. The van der Waals surface area contributed by atoms with Gasteiger partial charge in [0.15, 0.2) is 0 Å². The zero-order chi connectivity index (χ0) is 20.5. The van der Waals surface area contributed by atoms with Crippen molar-refractivity contribution in [3.63, 3.8) is 0 Å². The van der Waals surface area contributed by atoms with Gasteiger partial charge in [0.2, 0.25) is 6.41 Å². The topological polar surface area (TPSA) is 80.0 Å². The Morgan fingerprint density at radius 2 is 1.82 bits per heavy atom. The van der Waals surface area contributed by atoms with E-state index in [4.69, 9.17) is 16.7 Å². The van der Waals surface area contributed by atoms with E-state index in [2.05, 4.69) is 34.7 Å². The smallest absolute Gasteiger partial charge is 0.211 e. The van der Waals surface area contributed by atoms with Crippen molar-refractivity contribution in [2.24, 2.45) is 0 Å². The van der Waals surface area contributed by atoms with E-state index in [1.807, 2.05) is 24.6 Å². The Labute approximate surface area is 170 Å². The summed E-state index contributed by atoms with van der Waals surface area (Å²) in [7, 11) is 0. The summed E-state index contributed by atoms with van der Waals surface area (Å²) in [5, 5.41) is 20.2. The normalized spacial score (nSPS) is 10.2. The van der Waals surface area contributed by atoms with Gasteiger partial charge in [-0.25, -0.2) is 4.68 Å². The number of aliphatic hydroxyl groups excluding tert-OH is 1. The Morgan fingerprint density at radius 1 is 1.14 bits per heavy atom. The molecule has 148 valence electrons. The molecule has 0 atom stereocenters. The SMILES string of the molecule is CCc1ccc(Cn2nnc(C)c2C)cc1Cl.O=CNc1ccc(CO)cc1. The number of hydrogen-bond donors (Lipinski definition) is 2. The van der Waals surface area contributed by atoms with Gasteiger partial charge in [0.05, 0.1) is 24.5 Å². The number of benzene rings is 2. The third-order valence-electron chi connectivity index (χ3n) is 4.41. The lowest BCUT2D eigenvalue weighted by atomic mass is 10.1. The molecule has 1 heterocycles. The van der Waals surface area contributed by atoms with Gasteiger partial charge >= 0.3 is 0 Å². The van der Waals surface area contributed by atoms with E-state index in [-0.39, 0.29) is 6.61 Å². The standard InChI is InChI=1S/C13H16ClN3.C8H9NO2/c1-4-12-6-5-11(7-13(12)14)8-17-10(3)9(2)15-16-17;10-5-7-1-3-8(4-2-7)9-6-11/h5-7H,4,8H2,1-3H3;1-4,6,10H,5H2,(H,9,11). The lowest BCUT2D eigenvalue weighted by Crippen LogP contribution is -2.04. The van der Waals surface area contributed by atoms with Crippen LogP contribution >= 0.6 is 11.6 Å². The van der Waals surface area contributed by atoms with Gasteiger partial charge in [0, 0.05) is 10.7 Å². The van der Waals surface area contributed by atoms with E-state index in [0.29, 0.717) is 6.41 Å².